The number of pyridine rings is 1. The van der Waals surface area contributed by atoms with Gasteiger partial charge in [-0.15, -0.1) is 12.6 Å². The van der Waals surface area contributed by atoms with Crippen LogP contribution in [0.15, 0.2) is 41.6 Å². The van der Waals surface area contributed by atoms with Gasteiger partial charge in [0, 0.05) is 6.20 Å². The van der Waals surface area contributed by atoms with E-state index in [1.165, 1.54) is 11.1 Å². The van der Waals surface area contributed by atoms with Gasteiger partial charge in [-0.05, 0) is 36.6 Å². The highest BCUT2D eigenvalue weighted by Gasteiger charge is 1.97. The molecule has 0 radical (unpaired) electrons. The second-order valence-corrected chi connectivity index (χ2v) is 3.43. The Labute approximate surface area is 91.0 Å². The molecule has 0 atom stereocenters. The molecule has 1 rings (SSSR count). The average Bonchev–Trinajstić information content (AvgIpc) is 2.17. The number of allylic oxidation sites excluding steroid dienone is 4. The van der Waals surface area contributed by atoms with Crippen LogP contribution >= 0.6 is 12.6 Å². The molecule has 1 aromatic heterocycles. The first-order valence-corrected chi connectivity index (χ1v) is 5.21. The first kappa shape index (κ1) is 11.1. The fourth-order valence-electron chi connectivity index (χ4n) is 1.28. The summed E-state index contributed by atoms with van der Waals surface area (Å²) in [6, 6.07) is 3.98. The van der Waals surface area contributed by atoms with Crippen LogP contribution in [0.1, 0.15) is 25.8 Å². The van der Waals surface area contributed by atoms with Crippen molar-refractivity contribution >= 4 is 18.2 Å². The van der Waals surface area contributed by atoms with Gasteiger partial charge in [0.05, 0.1) is 5.03 Å². The van der Waals surface area contributed by atoms with E-state index in [0.29, 0.717) is 0 Å². The highest BCUT2D eigenvalue weighted by atomic mass is 32.1. The molecule has 0 saturated carbocycles. The van der Waals surface area contributed by atoms with Crippen LogP contribution in [0.3, 0.4) is 0 Å². The minimum absolute atomic E-state index is 0.758. The molecule has 74 valence electrons. The van der Waals surface area contributed by atoms with Gasteiger partial charge in [-0.25, -0.2) is 0 Å². The summed E-state index contributed by atoms with van der Waals surface area (Å²) in [4.78, 5) is 4.06. The molecule has 1 nitrogen and oxygen atoms in total. The lowest BCUT2D eigenvalue weighted by Gasteiger charge is -2.02. The van der Waals surface area contributed by atoms with E-state index < -0.39 is 0 Å². The van der Waals surface area contributed by atoms with E-state index in [1.807, 2.05) is 25.1 Å². The van der Waals surface area contributed by atoms with Crippen molar-refractivity contribution in [3.8, 4) is 0 Å². The van der Waals surface area contributed by atoms with Crippen molar-refractivity contribution in [2.75, 3.05) is 0 Å². The number of hydrogen-bond acceptors (Lipinski definition) is 2. The Balaban J connectivity index is 3.05. The van der Waals surface area contributed by atoms with Crippen molar-refractivity contribution in [3.63, 3.8) is 0 Å². The van der Waals surface area contributed by atoms with Gasteiger partial charge >= 0.3 is 0 Å². The van der Waals surface area contributed by atoms with E-state index in [4.69, 9.17) is 0 Å². The summed E-state index contributed by atoms with van der Waals surface area (Å²) in [6.07, 6.45) is 9.16. The smallest absolute Gasteiger partial charge is 0.0935 e. The minimum atomic E-state index is 0.758. The first-order valence-electron chi connectivity index (χ1n) is 4.76. The maximum absolute atomic E-state index is 4.22. The standard InChI is InChI=1S/C12H15NS/c1-3-5-10(6-4-2)11-7-8-13-12(14)9-11/h3,5-9H,4H2,1-2H3,(H,13,14)/b5-3-,10-6+. The number of thiol groups is 1. The SMILES string of the molecule is C/C=C\C(=C/CC)c1ccnc(S)c1. The van der Waals surface area contributed by atoms with E-state index in [0.717, 1.165) is 11.4 Å². The summed E-state index contributed by atoms with van der Waals surface area (Å²) in [6.45, 7) is 4.15. The van der Waals surface area contributed by atoms with E-state index in [-0.39, 0.29) is 0 Å². The predicted octanol–water partition coefficient (Wildman–Crippen LogP) is 3.74. The van der Waals surface area contributed by atoms with Crippen molar-refractivity contribution in [2.24, 2.45) is 0 Å². The lowest BCUT2D eigenvalue weighted by atomic mass is 10.1. The van der Waals surface area contributed by atoms with Crippen molar-refractivity contribution < 1.29 is 0 Å². The van der Waals surface area contributed by atoms with Crippen LogP contribution in [0.5, 0.6) is 0 Å². The molecule has 0 aliphatic rings. The summed E-state index contributed by atoms with van der Waals surface area (Å²) in [7, 11) is 0. The van der Waals surface area contributed by atoms with Crippen molar-refractivity contribution in [3.05, 3.63) is 42.1 Å². The van der Waals surface area contributed by atoms with Crippen LogP contribution in [0.4, 0.5) is 0 Å². The van der Waals surface area contributed by atoms with Gasteiger partial charge in [0.1, 0.15) is 0 Å². The van der Waals surface area contributed by atoms with Gasteiger partial charge in [0.2, 0.25) is 0 Å². The molecule has 1 heterocycles. The Morgan fingerprint density at radius 1 is 1.57 bits per heavy atom. The molecule has 0 aromatic carbocycles. The van der Waals surface area contributed by atoms with Crippen molar-refractivity contribution in [2.45, 2.75) is 25.3 Å². The molecular formula is C12H15NS. The maximum atomic E-state index is 4.22. The number of hydrogen-bond donors (Lipinski definition) is 1. The van der Waals surface area contributed by atoms with E-state index in [9.17, 15) is 0 Å². The van der Waals surface area contributed by atoms with E-state index >= 15 is 0 Å². The van der Waals surface area contributed by atoms with E-state index in [2.05, 4.69) is 36.7 Å². The monoisotopic (exact) mass is 205 g/mol. The Morgan fingerprint density at radius 3 is 2.93 bits per heavy atom. The highest BCUT2D eigenvalue weighted by molar-refractivity contribution is 7.80. The fraction of sp³-hybridized carbons (Fsp3) is 0.250. The molecule has 0 bridgehead atoms. The summed E-state index contributed by atoms with van der Waals surface area (Å²) in [5.41, 5.74) is 2.40. The van der Waals surface area contributed by atoms with Crippen LogP contribution in [0.25, 0.3) is 5.57 Å². The zero-order valence-corrected chi connectivity index (χ0v) is 9.46. The zero-order chi connectivity index (χ0) is 10.4. The molecule has 0 aliphatic heterocycles. The van der Waals surface area contributed by atoms with Crippen molar-refractivity contribution in [1.82, 2.24) is 4.98 Å². The Hall–Kier alpha value is -1.02. The largest absolute Gasteiger partial charge is 0.250 e. The molecule has 0 fully saturated rings. The van der Waals surface area contributed by atoms with Gasteiger partial charge in [0.25, 0.3) is 0 Å². The Kier molecular flexibility index (Phi) is 4.47. The van der Waals surface area contributed by atoms with Crippen LogP contribution in [0.2, 0.25) is 0 Å². The molecule has 2 heteroatoms. The molecule has 14 heavy (non-hydrogen) atoms. The molecule has 0 amide bonds. The summed E-state index contributed by atoms with van der Waals surface area (Å²) in [5, 5.41) is 0.758. The molecular weight excluding hydrogens is 190 g/mol. The first-order chi connectivity index (χ1) is 6.77. The maximum Gasteiger partial charge on any atom is 0.0935 e. The van der Waals surface area contributed by atoms with Gasteiger partial charge in [-0.3, -0.25) is 4.98 Å². The highest BCUT2D eigenvalue weighted by Crippen LogP contribution is 2.18. The molecule has 0 N–H and O–H groups in total. The number of aromatic nitrogens is 1. The van der Waals surface area contributed by atoms with Crippen LogP contribution in [-0.4, -0.2) is 4.98 Å². The molecule has 0 saturated heterocycles. The van der Waals surface area contributed by atoms with Gasteiger partial charge in [0.15, 0.2) is 0 Å². The predicted molar refractivity (Wildman–Crippen MR) is 64.6 cm³/mol. The van der Waals surface area contributed by atoms with Crippen molar-refractivity contribution in [1.29, 1.82) is 0 Å². The van der Waals surface area contributed by atoms with Gasteiger partial charge in [-0.1, -0.05) is 25.2 Å². The minimum Gasteiger partial charge on any atom is -0.250 e. The third-order valence-corrected chi connectivity index (χ3v) is 2.09. The average molecular weight is 205 g/mol. The lowest BCUT2D eigenvalue weighted by molar-refractivity contribution is 1.13. The number of nitrogens with zero attached hydrogens (tertiary/aromatic N) is 1. The summed E-state index contributed by atoms with van der Waals surface area (Å²) >= 11 is 4.22. The van der Waals surface area contributed by atoms with Gasteiger partial charge < -0.3 is 0 Å². The normalized spacial score (nSPS) is 12.4. The summed E-state index contributed by atoms with van der Waals surface area (Å²) < 4.78 is 0. The topological polar surface area (TPSA) is 12.9 Å². The lowest BCUT2D eigenvalue weighted by Crippen LogP contribution is -1.83. The van der Waals surface area contributed by atoms with Gasteiger partial charge in [-0.2, -0.15) is 0 Å². The second kappa shape index (κ2) is 5.66. The van der Waals surface area contributed by atoms with Crippen LogP contribution < -0.4 is 0 Å². The molecule has 0 spiro atoms. The third-order valence-electron chi connectivity index (χ3n) is 1.85. The fourth-order valence-corrected chi connectivity index (χ4v) is 1.49. The third kappa shape index (κ3) is 3.04. The Morgan fingerprint density at radius 2 is 2.36 bits per heavy atom. The number of rotatable bonds is 3. The zero-order valence-electron chi connectivity index (χ0n) is 8.57. The van der Waals surface area contributed by atoms with Crippen LogP contribution in [0, 0.1) is 0 Å². The quantitative estimate of drug-likeness (QED) is 0.586. The second-order valence-electron chi connectivity index (χ2n) is 2.97. The molecule has 1 aromatic rings. The molecule has 0 aliphatic carbocycles. The van der Waals surface area contributed by atoms with E-state index in [1.54, 1.807) is 6.20 Å². The summed E-state index contributed by atoms with van der Waals surface area (Å²) in [5.74, 6) is 0. The van der Waals surface area contributed by atoms with Crippen LogP contribution in [-0.2, 0) is 0 Å². The molecule has 0 unspecified atom stereocenters. The Bertz CT molecular complexity index is 353.